The highest BCUT2D eigenvalue weighted by Crippen LogP contribution is 2.49. The summed E-state index contributed by atoms with van der Waals surface area (Å²) in [5.41, 5.74) is 4.36. The molecule has 2 aromatic heterocycles. The van der Waals surface area contributed by atoms with Crippen LogP contribution in [0, 0.1) is 5.92 Å². The van der Waals surface area contributed by atoms with Gasteiger partial charge < -0.3 is 14.4 Å². The maximum Gasteiger partial charge on any atom is 0.318 e. The molecule has 0 unspecified atom stereocenters. The highest BCUT2D eigenvalue weighted by Gasteiger charge is 2.48. The van der Waals surface area contributed by atoms with E-state index in [0.717, 1.165) is 84.7 Å². The Morgan fingerprint density at radius 3 is 2.82 bits per heavy atom. The van der Waals surface area contributed by atoms with Crippen molar-refractivity contribution in [2.24, 2.45) is 5.92 Å². The average Bonchev–Trinajstić information content (AvgIpc) is 3.68. The Bertz CT molecular complexity index is 1800. The summed E-state index contributed by atoms with van der Waals surface area (Å²) in [6, 6.07) is 6.46. The number of benzene rings is 1. The predicted octanol–water partition coefficient (Wildman–Crippen LogP) is 4.96. The minimum Gasteiger partial charge on any atom is -0.461 e. The van der Waals surface area contributed by atoms with Crippen LogP contribution in [0.5, 0.6) is 6.01 Å². The number of ether oxygens (including phenoxy) is 2. The van der Waals surface area contributed by atoms with Crippen molar-refractivity contribution in [1.82, 2.24) is 24.6 Å². The van der Waals surface area contributed by atoms with Gasteiger partial charge in [0.2, 0.25) is 0 Å². The molecule has 13 heteroatoms. The van der Waals surface area contributed by atoms with Crippen LogP contribution in [0.4, 0.5) is 5.82 Å². The van der Waals surface area contributed by atoms with E-state index in [1.54, 1.807) is 4.68 Å². The van der Waals surface area contributed by atoms with Gasteiger partial charge in [-0.1, -0.05) is 42.3 Å². The molecule has 0 amide bonds. The highest BCUT2D eigenvalue weighted by atomic mass is 35.5. The third kappa shape index (κ3) is 4.96. The number of halogens is 2. The van der Waals surface area contributed by atoms with Gasteiger partial charge in [0.05, 0.1) is 35.7 Å². The average molecular weight is 674 g/mol. The van der Waals surface area contributed by atoms with E-state index >= 15 is 0 Å². The molecular weight excluding hydrogens is 635 g/mol. The first-order valence-corrected chi connectivity index (χ1v) is 18.6. The van der Waals surface area contributed by atoms with Crippen LogP contribution < -0.4 is 9.64 Å². The molecule has 6 heterocycles. The maximum absolute atomic E-state index is 12.4. The molecule has 5 aliphatic rings. The van der Waals surface area contributed by atoms with Crippen LogP contribution in [-0.4, -0.2) is 71.1 Å². The zero-order chi connectivity index (χ0) is 31.1. The summed E-state index contributed by atoms with van der Waals surface area (Å²) < 4.78 is 39.9. The molecule has 4 aliphatic heterocycles. The van der Waals surface area contributed by atoms with Crippen LogP contribution in [0.3, 0.4) is 0 Å². The Morgan fingerprint density at radius 2 is 1.98 bits per heavy atom. The third-order valence-electron chi connectivity index (χ3n) is 10.6. The number of fused-ring (bicyclic) bond motifs is 5. The molecule has 0 radical (unpaired) electrons. The molecule has 3 atom stereocenters. The summed E-state index contributed by atoms with van der Waals surface area (Å²) in [6.07, 6.45) is 7.61. The van der Waals surface area contributed by atoms with Crippen molar-refractivity contribution in [3.05, 3.63) is 56.3 Å². The number of anilines is 1. The van der Waals surface area contributed by atoms with E-state index in [4.69, 9.17) is 42.6 Å². The topological polar surface area (TPSA) is 103 Å². The van der Waals surface area contributed by atoms with Crippen LogP contribution >= 0.6 is 23.2 Å². The minimum absolute atomic E-state index is 0.0367. The lowest BCUT2D eigenvalue weighted by molar-refractivity contribution is -0.0730. The fourth-order valence-corrected chi connectivity index (χ4v) is 10.2. The molecule has 0 N–H and O–H groups in total. The van der Waals surface area contributed by atoms with Crippen molar-refractivity contribution >= 4 is 38.9 Å². The van der Waals surface area contributed by atoms with E-state index in [-0.39, 0.29) is 15.6 Å². The summed E-state index contributed by atoms with van der Waals surface area (Å²) in [4.78, 5) is 14.9. The van der Waals surface area contributed by atoms with E-state index in [1.165, 1.54) is 6.42 Å². The van der Waals surface area contributed by atoms with E-state index in [1.807, 2.05) is 12.1 Å². The largest absolute Gasteiger partial charge is 0.461 e. The SMILES string of the molecule is C[C@H]1CN2CCC[C@@]2(COc2nc3c(c(N4CCCn5nc(S(C)(=O)=O)c(Cl)c5C4)n2)CO[C@@]2(CCc4c(Cl)cccc42)C3)C1. The smallest absolute Gasteiger partial charge is 0.318 e. The quantitative estimate of drug-likeness (QED) is 0.372. The summed E-state index contributed by atoms with van der Waals surface area (Å²) in [5, 5.41) is 5.25. The van der Waals surface area contributed by atoms with Crippen molar-refractivity contribution in [1.29, 1.82) is 0 Å². The van der Waals surface area contributed by atoms with Crippen molar-refractivity contribution < 1.29 is 17.9 Å². The number of rotatable bonds is 5. The van der Waals surface area contributed by atoms with Gasteiger partial charge in [-0.05, 0) is 68.2 Å². The lowest BCUT2D eigenvalue weighted by atomic mass is 9.87. The van der Waals surface area contributed by atoms with Gasteiger partial charge in [0, 0.05) is 42.9 Å². The van der Waals surface area contributed by atoms with Crippen LogP contribution in [0.1, 0.15) is 67.1 Å². The molecule has 1 aromatic carbocycles. The Balaban J connectivity index is 1.18. The molecule has 1 aliphatic carbocycles. The van der Waals surface area contributed by atoms with Gasteiger partial charge in [-0.3, -0.25) is 9.58 Å². The van der Waals surface area contributed by atoms with Gasteiger partial charge in [-0.25, -0.2) is 8.42 Å². The summed E-state index contributed by atoms with van der Waals surface area (Å²) in [6.45, 7) is 7.08. The van der Waals surface area contributed by atoms with Crippen LogP contribution in [0.2, 0.25) is 10.0 Å². The van der Waals surface area contributed by atoms with E-state index in [2.05, 4.69) is 27.9 Å². The normalized spacial score (nSPS) is 27.7. The lowest BCUT2D eigenvalue weighted by Crippen LogP contribution is -2.43. The number of nitrogens with zero attached hydrogens (tertiary/aromatic N) is 6. The monoisotopic (exact) mass is 672 g/mol. The number of hydrogen-bond donors (Lipinski definition) is 0. The first kappa shape index (κ1) is 29.9. The van der Waals surface area contributed by atoms with E-state index < -0.39 is 15.4 Å². The highest BCUT2D eigenvalue weighted by molar-refractivity contribution is 7.90. The number of hydrogen-bond acceptors (Lipinski definition) is 9. The Labute approximate surface area is 273 Å². The molecule has 10 nitrogen and oxygen atoms in total. The second kappa shape index (κ2) is 10.8. The van der Waals surface area contributed by atoms with Gasteiger partial charge in [0.15, 0.2) is 14.9 Å². The Kier molecular flexibility index (Phi) is 7.18. The van der Waals surface area contributed by atoms with Crippen LogP contribution in [-0.2, 0) is 52.7 Å². The molecule has 0 bridgehead atoms. The van der Waals surface area contributed by atoms with Gasteiger partial charge in [0.25, 0.3) is 0 Å². The van der Waals surface area contributed by atoms with Gasteiger partial charge in [0.1, 0.15) is 17.4 Å². The first-order chi connectivity index (χ1) is 21.6. The molecule has 240 valence electrons. The number of aromatic nitrogens is 4. The summed E-state index contributed by atoms with van der Waals surface area (Å²) >= 11 is 13.3. The number of sulfone groups is 1. The van der Waals surface area contributed by atoms with Crippen LogP contribution in [0.15, 0.2) is 23.2 Å². The van der Waals surface area contributed by atoms with Crippen molar-refractivity contribution in [2.75, 3.05) is 37.4 Å². The molecule has 2 saturated heterocycles. The zero-order valence-corrected chi connectivity index (χ0v) is 28.0. The van der Waals surface area contributed by atoms with E-state index in [9.17, 15) is 8.42 Å². The maximum atomic E-state index is 12.4. The van der Waals surface area contributed by atoms with E-state index in [0.29, 0.717) is 56.9 Å². The Hall–Kier alpha value is -2.44. The predicted molar refractivity (Wildman–Crippen MR) is 171 cm³/mol. The molecule has 2 fully saturated rings. The van der Waals surface area contributed by atoms with Gasteiger partial charge >= 0.3 is 6.01 Å². The third-order valence-corrected chi connectivity index (χ3v) is 12.5. The molecule has 0 saturated carbocycles. The molecule has 45 heavy (non-hydrogen) atoms. The molecule has 3 aromatic rings. The van der Waals surface area contributed by atoms with Gasteiger partial charge in [-0.15, -0.1) is 0 Å². The molecular formula is C32H38Cl2N6O4S. The minimum atomic E-state index is -3.57. The van der Waals surface area contributed by atoms with Gasteiger partial charge in [-0.2, -0.15) is 15.1 Å². The lowest BCUT2D eigenvalue weighted by Gasteiger charge is -2.37. The summed E-state index contributed by atoms with van der Waals surface area (Å²) in [5.74, 6) is 1.39. The van der Waals surface area contributed by atoms with Crippen molar-refractivity contribution in [2.45, 2.75) is 87.7 Å². The standard InChI is InChI=1S/C32H38Cl2N6O4S/c1-20-14-31(9-4-12-39(31)16-20)19-43-30-35-25-15-32(10-8-21-23(32)6-3-7-24(21)33)44-18-22(25)28(36-30)38-11-5-13-40-26(17-38)27(34)29(37-40)45(2,41)42/h3,6-7,20H,4-5,8-19H2,1-2H3/t20-,31+,32+/m1/s1. The number of aryl methyl sites for hydroxylation is 1. The molecule has 1 spiro atoms. The zero-order valence-electron chi connectivity index (χ0n) is 25.7. The summed E-state index contributed by atoms with van der Waals surface area (Å²) in [7, 11) is -3.57. The van der Waals surface area contributed by atoms with Crippen molar-refractivity contribution in [3.8, 4) is 6.01 Å². The first-order valence-electron chi connectivity index (χ1n) is 15.9. The van der Waals surface area contributed by atoms with Crippen molar-refractivity contribution in [3.63, 3.8) is 0 Å². The molecule has 8 rings (SSSR count). The second-order valence-electron chi connectivity index (χ2n) is 13.7. The van der Waals surface area contributed by atoms with Crippen LogP contribution in [0.25, 0.3) is 0 Å². The fourth-order valence-electron chi connectivity index (χ4n) is 8.58. The second-order valence-corrected chi connectivity index (χ2v) is 16.4. The fraction of sp³-hybridized carbons (Fsp3) is 0.594. The Morgan fingerprint density at radius 1 is 1.11 bits per heavy atom.